The summed E-state index contributed by atoms with van der Waals surface area (Å²) in [7, 11) is 3.29. The molecule has 0 aliphatic carbocycles. The van der Waals surface area contributed by atoms with E-state index in [9.17, 15) is 4.79 Å². The molecule has 1 aliphatic heterocycles. The van der Waals surface area contributed by atoms with Crippen LogP contribution in [0, 0.1) is 0 Å². The van der Waals surface area contributed by atoms with E-state index in [-0.39, 0.29) is 17.9 Å². The predicted molar refractivity (Wildman–Crippen MR) is 120 cm³/mol. The van der Waals surface area contributed by atoms with E-state index in [0.29, 0.717) is 17.9 Å². The number of anilines is 1. The molecule has 2 aromatic carbocycles. The number of rotatable bonds is 6. The molecule has 0 spiro atoms. The molecule has 1 amide bonds. The number of fused-ring (bicyclic) bond motifs is 1. The number of amides is 1. The summed E-state index contributed by atoms with van der Waals surface area (Å²) in [6.07, 6.45) is 0.462. The van der Waals surface area contributed by atoms with Crippen LogP contribution in [0.1, 0.15) is 36.6 Å². The number of carbonyl (C=O) groups is 1. The minimum absolute atomic E-state index is 0.0159. The Hall–Kier alpha value is -2.99. The average molecular weight is 424 g/mol. The molecule has 5 nitrogen and oxygen atoms in total. The molecule has 30 heavy (non-hydrogen) atoms. The van der Waals surface area contributed by atoms with Crippen LogP contribution in [-0.4, -0.2) is 26.2 Å². The lowest BCUT2D eigenvalue weighted by atomic mass is 9.89. The zero-order chi connectivity index (χ0) is 21.3. The number of methoxy groups -OCH3 is 2. The van der Waals surface area contributed by atoms with Gasteiger partial charge >= 0.3 is 0 Å². The van der Waals surface area contributed by atoms with Crippen molar-refractivity contribution >= 4 is 22.9 Å². The highest BCUT2D eigenvalue weighted by Gasteiger charge is 2.31. The Kier molecular flexibility index (Phi) is 5.68. The highest BCUT2D eigenvalue weighted by molar-refractivity contribution is 7.11. The maximum absolute atomic E-state index is 12.6. The normalized spacial score (nSPS) is 15.5. The molecule has 1 N–H and O–H groups in total. The van der Waals surface area contributed by atoms with Gasteiger partial charge in [-0.15, -0.1) is 11.3 Å². The molecule has 1 aromatic heterocycles. The van der Waals surface area contributed by atoms with Gasteiger partial charge in [0.25, 0.3) is 0 Å². The Morgan fingerprint density at radius 3 is 2.47 bits per heavy atom. The Labute approximate surface area is 180 Å². The first kappa shape index (κ1) is 20.3. The highest BCUT2D eigenvalue weighted by atomic mass is 32.1. The summed E-state index contributed by atoms with van der Waals surface area (Å²) in [5.74, 6) is 2.19. The van der Waals surface area contributed by atoms with Crippen LogP contribution in [0.15, 0.2) is 47.8 Å². The zero-order valence-corrected chi connectivity index (χ0v) is 18.3. The van der Waals surface area contributed by atoms with E-state index in [1.807, 2.05) is 56.3 Å². The minimum Gasteiger partial charge on any atom is -0.497 e. The molecular weight excluding hydrogens is 398 g/mol. The van der Waals surface area contributed by atoms with Crippen molar-refractivity contribution < 1.29 is 19.0 Å². The molecular formula is C24H25NO4S. The zero-order valence-electron chi connectivity index (χ0n) is 17.5. The van der Waals surface area contributed by atoms with Gasteiger partial charge in [-0.2, -0.15) is 0 Å². The van der Waals surface area contributed by atoms with Crippen molar-refractivity contribution in [1.29, 1.82) is 0 Å². The number of nitrogens with one attached hydrogen (secondary N) is 1. The van der Waals surface area contributed by atoms with Crippen molar-refractivity contribution in [2.24, 2.45) is 0 Å². The predicted octanol–water partition coefficient (Wildman–Crippen LogP) is 5.69. The third kappa shape index (κ3) is 3.87. The van der Waals surface area contributed by atoms with E-state index < -0.39 is 0 Å². The van der Waals surface area contributed by atoms with E-state index >= 15 is 0 Å². The third-order valence-electron chi connectivity index (χ3n) is 5.14. The fraction of sp³-hybridized carbons (Fsp3) is 0.292. The summed E-state index contributed by atoms with van der Waals surface area (Å²) in [6, 6.07) is 13.8. The second-order valence-corrected chi connectivity index (χ2v) is 8.41. The second-order valence-electron chi connectivity index (χ2n) is 7.50. The molecule has 2 heterocycles. The van der Waals surface area contributed by atoms with Crippen LogP contribution in [-0.2, 0) is 4.79 Å². The molecule has 0 fully saturated rings. The van der Waals surface area contributed by atoms with Gasteiger partial charge in [-0.3, -0.25) is 4.79 Å². The van der Waals surface area contributed by atoms with E-state index in [4.69, 9.17) is 14.2 Å². The number of ether oxygens (including phenoxy) is 3. The monoisotopic (exact) mass is 423 g/mol. The SMILES string of the molecule is COc1ccc(-c2csc3c2NC(=O)CC3c2ccc(OC(C)C)c(OC)c2)cc1. The van der Waals surface area contributed by atoms with Gasteiger partial charge in [0, 0.05) is 28.2 Å². The van der Waals surface area contributed by atoms with E-state index in [1.54, 1.807) is 25.6 Å². The third-order valence-corrected chi connectivity index (χ3v) is 6.24. The number of hydrogen-bond acceptors (Lipinski definition) is 5. The van der Waals surface area contributed by atoms with Crippen LogP contribution in [0.25, 0.3) is 11.1 Å². The lowest BCUT2D eigenvalue weighted by molar-refractivity contribution is -0.116. The van der Waals surface area contributed by atoms with Gasteiger partial charge in [0.2, 0.25) is 5.91 Å². The molecule has 1 aliphatic rings. The van der Waals surface area contributed by atoms with Crippen LogP contribution in [0.5, 0.6) is 17.2 Å². The van der Waals surface area contributed by atoms with Crippen molar-refractivity contribution in [3.05, 3.63) is 58.3 Å². The smallest absolute Gasteiger partial charge is 0.225 e. The summed E-state index contributed by atoms with van der Waals surface area (Å²) < 4.78 is 16.7. The van der Waals surface area contributed by atoms with Crippen LogP contribution < -0.4 is 19.5 Å². The van der Waals surface area contributed by atoms with E-state index in [0.717, 1.165) is 33.0 Å². The van der Waals surface area contributed by atoms with Crippen LogP contribution in [0.2, 0.25) is 0 Å². The van der Waals surface area contributed by atoms with Gasteiger partial charge in [0.15, 0.2) is 11.5 Å². The summed E-state index contributed by atoms with van der Waals surface area (Å²) in [4.78, 5) is 13.7. The van der Waals surface area contributed by atoms with Gasteiger partial charge in [0.05, 0.1) is 26.0 Å². The van der Waals surface area contributed by atoms with Crippen molar-refractivity contribution in [2.45, 2.75) is 32.3 Å². The highest BCUT2D eigenvalue weighted by Crippen LogP contribution is 2.47. The van der Waals surface area contributed by atoms with Gasteiger partial charge in [0.1, 0.15) is 5.75 Å². The second kappa shape index (κ2) is 8.40. The maximum Gasteiger partial charge on any atom is 0.225 e. The number of carbonyl (C=O) groups excluding carboxylic acids is 1. The molecule has 3 aromatic rings. The molecule has 4 rings (SSSR count). The summed E-state index contributed by atoms with van der Waals surface area (Å²) in [5.41, 5.74) is 4.02. The molecule has 156 valence electrons. The van der Waals surface area contributed by atoms with Gasteiger partial charge in [-0.05, 0) is 49.2 Å². The standard InChI is InChI=1S/C24H25NO4S/c1-14(2)29-20-10-7-16(11-21(20)28-4)18-12-22(26)25-23-19(13-30-24(18)23)15-5-8-17(27-3)9-6-15/h5-11,13-14,18H,12H2,1-4H3,(H,25,26). The molecule has 0 saturated carbocycles. The van der Waals surface area contributed by atoms with E-state index in [1.165, 1.54) is 0 Å². The van der Waals surface area contributed by atoms with Crippen LogP contribution in [0.3, 0.4) is 0 Å². The van der Waals surface area contributed by atoms with Gasteiger partial charge in [-0.25, -0.2) is 0 Å². The fourth-order valence-electron chi connectivity index (χ4n) is 3.73. The Balaban J connectivity index is 1.72. The summed E-state index contributed by atoms with van der Waals surface area (Å²) >= 11 is 1.67. The van der Waals surface area contributed by atoms with Crippen LogP contribution >= 0.6 is 11.3 Å². The topological polar surface area (TPSA) is 56.8 Å². The number of thiophene rings is 1. The number of hydrogen-bond donors (Lipinski definition) is 1. The van der Waals surface area contributed by atoms with Gasteiger partial charge in [-0.1, -0.05) is 18.2 Å². The average Bonchev–Trinajstić information content (AvgIpc) is 3.17. The van der Waals surface area contributed by atoms with Crippen molar-refractivity contribution in [3.8, 4) is 28.4 Å². The molecule has 6 heteroatoms. The molecule has 1 atom stereocenters. The Morgan fingerprint density at radius 1 is 1.03 bits per heavy atom. The van der Waals surface area contributed by atoms with Crippen molar-refractivity contribution in [2.75, 3.05) is 19.5 Å². The largest absolute Gasteiger partial charge is 0.497 e. The van der Waals surface area contributed by atoms with E-state index in [2.05, 4.69) is 10.7 Å². The van der Waals surface area contributed by atoms with Crippen molar-refractivity contribution in [3.63, 3.8) is 0 Å². The first-order valence-corrected chi connectivity index (χ1v) is 10.8. The summed E-state index contributed by atoms with van der Waals surface area (Å²) in [6.45, 7) is 3.97. The Morgan fingerprint density at radius 2 is 1.80 bits per heavy atom. The lowest BCUT2D eigenvalue weighted by Crippen LogP contribution is -2.22. The molecule has 0 saturated heterocycles. The first-order valence-electron chi connectivity index (χ1n) is 9.90. The van der Waals surface area contributed by atoms with Crippen LogP contribution in [0.4, 0.5) is 5.69 Å². The van der Waals surface area contributed by atoms with Gasteiger partial charge < -0.3 is 19.5 Å². The first-order chi connectivity index (χ1) is 14.5. The quantitative estimate of drug-likeness (QED) is 0.553. The number of benzene rings is 2. The molecule has 1 unspecified atom stereocenters. The Bertz CT molecular complexity index is 1060. The molecule has 0 bridgehead atoms. The fourth-order valence-corrected chi connectivity index (χ4v) is 4.89. The maximum atomic E-state index is 12.6. The summed E-state index contributed by atoms with van der Waals surface area (Å²) in [5, 5.41) is 5.20. The lowest BCUT2D eigenvalue weighted by Gasteiger charge is -2.25. The van der Waals surface area contributed by atoms with Crippen molar-refractivity contribution in [1.82, 2.24) is 0 Å². The minimum atomic E-state index is -0.0206. The molecule has 0 radical (unpaired) electrons.